The van der Waals surface area contributed by atoms with Crippen molar-refractivity contribution in [3.63, 3.8) is 0 Å². The minimum atomic E-state index is -0.467. The molecule has 0 spiro atoms. The SMILES string of the molecule is Cc1ccc2[nH]c(C(=O)N(CCC3CCCCC3)CC(N)=O)cc2c1C. The number of aromatic amines is 1. The lowest BCUT2D eigenvalue weighted by molar-refractivity contribution is -0.118. The first-order chi connectivity index (χ1) is 12.5. The van der Waals surface area contributed by atoms with Gasteiger partial charge in [-0.3, -0.25) is 9.59 Å². The smallest absolute Gasteiger partial charge is 0.270 e. The highest BCUT2D eigenvalue weighted by Gasteiger charge is 2.22. The average Bonchev–Trinajstić information content (AvgIpc) is 3.07. The Morgan fingerprint density at radius 2 is 1.92 bits per heavy atom. The number of fused-ring (bicyclic) bond motifs is 1. The minimum Gasteiger partial charge on any atom is -0.368 e. The molecule has 140 valence electrons. The van der Waals surface area contributed by atoms with Crippen molar-refractivity contribution in [3.05, 3.63) is 35.0 Å². The van der Waals surface area contributed by atoms with Crippen LogP contribution in [0.1, 0.15) is 60.1 Å². The lowest BCUT2D eigenvalue weighted by Gasteiger charge is -2.26. The third kappa shape index (κ3) is 4.09. The quantitative estimate of drug-likeness (QED) is 0.829. The van der Waals surface area contributed by atoms with Crippen LogP contribution in [-0.2, 0) is 4.79 Å². The van der Waals surface area contributed by atoms with Crippen LogP contribution in [-0.4, -0.2) is 34.8 Å². The van der Waals surface area contributed by atoms with Gasteiger partial charge < -0.3 is 15.6 Å². The monoisotopic (exact) mass is 355 g/mol. The van der Waals surface area contributed by atoms with Crippen molar-refractivity contribution in [2.45, 2.75) is 52.4 Å². The number of nitrogens with zero attached hydrogens (tertiary/aromatic N) is 1. The summed E-state index contributed by atoms with van der Waals surface area (Å²) < 4.78 is 0. The third-order valence-corrected chi connectivity index (χ3v) is 5.74. The van der Waals surface area contributed by atoms with E-state index >= 15 is 0 Å². The van der Waals surface area contributed by atoms with E-state index in [1.807, 2.05) is 18.2 Å². The highest BCUT2D eigenvalue weighted by Crippen LogP contribution is 2.27. The summed E-state index contributed by atoms with van der Waals surface area (Å²) in [5, 5.41) is 1.06. The first-order valence-electron chi connectivity index (χ1n) is 9.62. The fourth-order valence-corrected chi connectivity index (χ4v) is 4.00. The molecule has 0 unspecified atom stereocenters. The van der Waals surface area contributed by atoms with E-state index in [0.29, 0.717) is 18.2 Å². The van der Waals surface area contributed by atoms with Crippen LogP contribution in [0.25, 0.3) is 10.9 Å². The van der Waals surface area contributed by atoms with Gasteiger partial charge in [0.2, 0.25) is 5.91 Å². The summed E-state index contributed by atoms with van der Waals surface area (Å²) in [6.07, 6.45) is 7.25. The van der Waals surface area contributed by atoms with Crippen molar-refractivity contribution in [1.82, 2.24) is 9.88 Å². The number of amides is 2. The average molecular weight is 355 g/mol. The van der Waals surface area contributed by atoms with Crippen LogP contribution in [0.15, 0.2) is 18.2 Å². The molecule has 26 heavy (non-hydrogen) atoms. The molecule has 0 bridgehead atoms. The molecule has 1 aliphatic rings. The maximum Gasteiger partial charge on any atom is 0.270 e. The number of hydrogen-bond donors (Lipinski definition) is 2. The Bertz CT molecular complexity index is 803. The van der Waals surface area contributed by atoms with Gasteiger partial charge in [0.1, 0.15) is 5.69 Å². The van der Waals surface area contributed by atoms with Crippen LogP contribution in [0.5, 0.6) is 0 Å². The lowest BCUT2D eigenvalue weighted by atomic mass is 9.87. The molecular weight excluding hydrogens is 326 g/mol. The Labute approximate surface area is 154 Å². The van der Waals surface area contributed by atoms with E-state index < -0.39 is 5.91 Å². The van der Waals surface area contributed by atoms with E-state index in [2.05, 4.69) is 18.8 Å². The van der Waals surface area contributed by atoms with Gasteiger partial charge in [0, 0.05) is 17.4 Å². The van der Waals surface area contributed by atoms with Gasteiger partial charge >= 0.3 is 0 Å². The highest BCUT2D eigenvalue weighted by atomic mass is 16.2. The molecule has 0 atom stereocenters. The molecule has 0 radical (unpaired) electrons. The van der Waals surface area contributed by atoms with Crippen LogP contribution in [0.2, 0.25) is 0 Å². The molecule has 2 aromatic rings. The number of nitrogens with two attached hydrogens (primary N) is 1. The van der Waals surface area contributed by atoms with Crippen molar-refractivity contribution < 1.29 is 9.59 Å². The van der Waals surface area contributed by atoms with Gasteiger partial charge in [0.25, 0.3) is 5.91 Å². The second kappa shape index (κ2) is 7.94. The molecule has 3 N–H and O–H groups in total. The number of benzene rings is 1. The Balaban J connectivity index is 1.77. The fraction of sp³-hybridized carbons (Fsp3) is 0.524. The van der Waals surface area contributed by atoms with Gasteiger partial charge in [-0.2, -0.15) is 0 Å². The Morgan fingerprint density at radius 1 is 1.19 bits per heavy atom. The molecule has 1 aromatic heterocycles. The molecule has 1 aliphatic carbocycles. The number of aryl methyl sites for hydroxylation is 2. The van der Waals surface area contributed by atoms with Gasteiger partial charge in [0.15, 0.2) is 0 Å². The van der Waals surface area contributed by atoms with Crippen LogP contribution in [0.3, 0.4) is 0 Å². The van der Waals surface area contributed by atoms with Crippen molar-refractivity contribution in [1.29, 1.82) is 0 Å². The summed E-state index contributed by atoms with van der Waals surface area (Å²) in [6, 6.07) is 5.94. The van der Waals surface area contributed by atoms with Gasteiger partial charge in [-0.25, -0.2) is 0 Å². The molecule has 0 aliphatic heterocycles. The van der Waals surface area contributed by atoms with Crippen molar-refractivity contribution in [3.8, 4) is 0 Å². The molecule has 1 saturated carbocycles. The third-order valence-electron chi connectivity index (χ3n) is 5.74. The Morgan fingerprint density at radius 3 is 2.62 bits per heavy atom. The topological polar surface area (TPSA) is 79.2 Å². The normalized spacial score (nSPS) is 15.3. The molecule has 5 nitrogen and oxygen atoms in total. The number of aromatic nitrogens is 1. The van der Waals surface area contributed by atoms with E-state index in [4.69, 9.17) is 5.73 Å². The molecule has 1 heterocycles. The summed E-state index contributed by atoms with van der Waals surface area (Å²) in [5.41, 5.74) is 9.23. The van der Waals surface area contributed by atoms with E-state index in [1.165, 1.54) is 43.2 Å². The second-order valence-electron chi connectivity index (χ2n) is 7.64. The number of nitrogens with one attached hydrogen (secondary N) is 1. The molecule has 1 fully saturated rings. The summed E-state index contributed by atoms with van der Waals surface area (Å²) >= 11 is 0. The molecule has 5 heteroatoms. The van der Waals surface area contributed by atoms with Gasteiger partial charge in [-0.15, -0.1) is 0 Å². The van der Waals surface area contributed by atoms with E-state index in [0.717, 1.165) is 17.3 Å². The lowest BCUT2D eigenvalue weighted by Crippen LogP contribution is -2.39. The van der Waals surface area contributed by atoms with Gasteiger partial charge in [0.05, 0.1) is 6.54 Å². The number of carbonyl (C=O) groups is 2. The van der Waals surface area contributed by atoms with E-state index in [9.17, 15) is 9.59 Å². The summed E-state index contributed by atoms with van der Waals surface area (Å²) in [4.78, 5) is 29.3. The van der Waals surface area contributed by atoms with Crippen LogP contribution < -0.4 is 5.73 Å². The van der Waals surface area contributed by atoms with Crippen molar-refractivity contribution in [2.75, 3.05) is 13.1 Å². The molecule has 2 amide bonds. The maximum absolute atomic E-state index is 13.0. The molecule has 3 rings (SSSR count). The summed E-state index contributed by atoms with van der Waals surface area (Å²) in [6.45, 7) is 4.68. The zero-order valence-corrected chi connectivity index (χ0v) is 15.8. The number of primary amides is 1. The Kier molecular flexibility index (Phi) is 5.64. The summed E-state index contributed by atoms with van der Waals surface area (Å²) in [5.74, 6) is 0.0394. The largest absolute Gasteiger partial charge is 0.368 e. The van der Waals surface area contributed by atoms with E-state index in [1.54, 1.807) is 4.90 Å². The minimum absolute atomic E-state index is 0.0288. The standard InChI is InChI=1S/C21H29N3O2/c1-14-8-9-18-17(15(14)2)12-19(23-18)21(26)24(13-20(22)25)11-10-16-6-4-3-5-7-16/h8-9,12,16,23H,3-7,10-11,13H2,1-2H3,(H2,22,25). The Hall–Kier alpha value is -2.30. The first kappa shape index (κ1) is 18.5. The van der Waals surface area contributed by atoms with Gasteiger partial charge in [-0.1, -0.05) is 38.2 Å². The van der Waals surface area contributed by atoms with E-state index in [-0.39, 0.29) is 12.5 Å². The van der Waals surface area contributed by atoms with Crippen molar-refractivity contribution >= 4 is 22.7 Å². The number of H-pyrrole nitrogens is 1. The molecule has 0 saturated heterocycles. The maximum atomic E-state index is 13.0. The second-order valence-corrected chi connectivity index (χ2v) is 7.64. The van der Waals surface area contributed by atoms with Gasteiger partial charge in [-0.05, 0) is 49.4 Å². The number of carbonyl (C=O) groups excluding carboxylic acids is 2. The predicted molar refractivity (Wildman–Crippen MR) is 104 cm³/mol. The predicted octanol–water partition coefficient (Wildman–Crippen LogP) is 3.68. The molecule has 1 aromatic carbocycles. The summed E-state index contributed by atoms with van der Waals surface area (Å²) in [7, 11) is 0. The van der Waals surface area contributed by atoms with Crippen LogP contribution in [0.4, 0.5) is 0 Å². The van der Waals surface area contributed by atoms with Crippen molar-refractivity contribution in [2.24, 2.45) is 11.7 Å². The number of hydrogen-bond acceptors (Lipinski definition) is 2. The van der Waals surface area contributed by atoms with Crippen LogP contribution >= 0.6 is 0 Å². The fourth-order valence-electron chi connectivity index (χ4n) is 4.00. The molecular formula is C21H29N3O2. The first-order valence-corrected chi connectivity index (χ1v) is 9.62. The van der Waals surface area contributed by atoms with Crippen LogP contribution in [0, 0.1) is 19.8 Å². The highest BCUT2D eigenvalue weighted by molar-refractivity contribution is 6.00. The number of rotatable bonds is 6. The zero-order chi connectivity index (χ0) is 18.7. The zero-order valence-electron chi connectivity index (χ0n) is 15.8.